The third-order valence-electron chi connectivity index (χ3n) is 5.62. The van der Waals surface area contributed by atoms with Crippen molar-refractivity contribution in [2.24, 2.45) is 0 Å². The molecule has 1 atom stereocenters. The highest BCUT2D eigenvalue weighted by molar-refractivity contribution is 6.09. The number of pyridine rings is 1. The molecule has 0 saturated carbocycles. The fourth-order valence-electron chi connectivity index (χ4n) is 4.05. The fraction of sp³-hybridized carbons (Fsp3) is 0.476. The summed E-state index contributed by atoms with van der Waals surface area (Å²) in [4.78, 5) is 34.0. The van der Waals surface area contributed by atoms with Crippen molar-refractivity contribution in [1.29, 1.82) is 0 Å². The Hall–Kier alpha value is -2.67. The number of aromatic hydroxyl groups is 1. The molecule has 1 aromatic heterocycles. The summed E-state index contributed by atoms with van der Waals surface area (Å²) >= 11 is 0. The van der Waals surface area contributed by atoms with E-state index in [9.17, 15) is 19.8 Å². The van der Waals surface area contributed by atoms with Crippen LogP contribution in [0.3, 0.4) is 0 Å². The van der Waals surface area contributed by atoms with Crippen LogP contribution >= 0.6 is 0 Å². The van der Waals surface area contributed by atoms with Crippen molar-refractivity contribution in [2.45, 2.75) is 38.2 Å². The van der Waals surface area contributed by atoms with Gasteiger partial charge >= 0.3 is 0 Å². The minimum absolute atomic E-state index is 0.0525. The van der Waals surface area contributed by atoms with E-state index >= 15 is 0 Å². The summed E-state index contributed by atoms with van der Waals surface area (Å²) in [5.41, 5.74) is 0.174. The molecule has 2 aliphatic rings. The van der Waals surface area contributed by atoms with Crippen molar-refractivity contribution in [1.82, 2.24) is 14.8 Å². The highest BCUT2D eigenvalue weighted by Crippen LogP contribution is 2.27. The molecule has 3 heterocycles. The van der Waals surface area contributed by atoms with E-state index < -0.39 is 5.60 Å². The lowest BCUT2D eigenvalue weighted by molar-refractivity contribution is 0.0569. The second kappa shape index (κ2) is 7.05. The molecule has 7 heteroatoms. The first-order chi connectivity index (χ1) is 13.3. The maximum atomic E-state index is 13.2. The van der Waals surface area contributed by atoms with E-state index in [0.717, 1.165) is 19.3 Å². The molecule has 2 saturated heterocycles. The molecule has 2 N–H and O–H groups in total. The molecule has 2 aliphatic heterocycles. The minimum Gasteiger partial charge on any atom is -0.508 e. The number of piperidine rings is 1. The van der Waals surface area contributed by atoms with E-state index in [1.165, 1.54) is 18.2 Å². The fourth-order valence-corrected chi connectivity index (χ4v) is 4.05. The van der Waals surface area contributed by atoms with Gasteiger partial charge in [0.1, 0.15) is 11.4 Å². The van der Waals surface area contributed by atoms with Gasteiger partial charge in [-0.05, 0) is 56.9 Å². The van der Waals surface area contributed by atoms with Gasteiger partial charge in [0.05, 0.1) is 16.7 Å². The quantitative estimate of drug-likeness (QED) is 0.829. The molecule has 7 nitrogen and oxygen atoms in total. The van der Waals surface area contributed by atoms with E-state index in [2.05, 4.69) is 4.98 Å². The number of nitrogens with zero attached hydrogens (tertiary/aromatic N) is 3. The number of fused-ring (bicyclic) bond motifs is 1. The highest BCUT2D eigenvalue weighted by Gasteiger charge is 2.35. The summed E-state index contributed by atoms with van der Waals surface area (Å²) in [6, 6.07) is 6.18. The molecule has 0 aliphatic carbocycles. The highest BCUT2D eigenvalue weighted by atomic mass is 16.3. The van der Waals surface area contributed by atoms with Gasteiger partial charge in [0.2, 0.25) is 0 Å². The number of amides is 2. The van der Waals surface area contributed by atoms with Crippen LogP contribution in [0.5, 0.6) is 5.75 Å². The van der Waals surface area contributed by atoms with Crippen molar-refractivity contribution >= 4 is 22.7 Å². The summed E-state index contributed by atoms with van der Waals surface area (Å²) in [5, 5.41) is 20.6. The summed E-state index contributed by atoms with van der Waals surface area (Å²) in [6.45, 7) is 3.80. The van der Waals surface area contributed by atoms with E-state index in [0.29, 0.717) is 42.5 Å². The lowest BCUT2D eigenvalue weighted by atomic mass is 10.0. The second-order valence-corrected chi connectivity index (χ2v) is 8.08. The first-order valence-corrected chi connectivity index (χ1v) is 9.79. The van der Waals surface area contributed by atoms with Gasteiger partial charge in [0, 0.05) is 31.6 Å². The SMILES string of the molecule is CC1(O)CCN(C(=O)c2cc(C(=O)N3CCCCC3)c3cc(O)ccc3n2)C1. The van der Waals surface area contributed by atoms with Crippen LogP contribution in [-0.4, -0.2) is 68.6 Å². The third kappa shape index (κ3) is 3.54. The van der Waals surface area contributed by atoms with Gasteiger partial charge in [-0.25, -0.2) is 4.98 Å². The van der Waals surface area contributed by atoms with Crippen molar-refractivity contribution < 1.29 is 19.8 Å². The van der Waals surface area contributed by atoms with Gasteiger partial charge in [0.15, 0.2) is 0 Å². The van der Waals surface area contributed by atoms with Crippen LogP contribution in [-0.2, 0) is 0 Å². The molecule has 2 fully saturated rings. The number of rotatable bonds is 2. The number of aliphatic hydroxyl groups is 1. The molecular weight excluding hydrogens is 358 g/mol. The standard InChI is InChI=1S/C21H25N3O4/c1-21(28)7-10-24(13-21)20(27)18-12-16(19(26)23-8-3-2-4-9-23)15-11-14(25)5-6-17(15)22-18/h5-6,11-12,25,28H,2-4,7-10,13H2,1H3. The molecular formula is C21H25N3O4. The monoisotopic (exact) mass is 383 g/mol. The number of carbonyl (C=O) groups is 2. The van der Waals surface area contributed by atoms with Crippen LogP contribution in [0.1, 0.15) is 53.5 Å². The Bertz CT molecular complexity index is 935. The lowest BCUT2D eigenvalue weighted by Crippen LogP contribution is -2.36. The summed E-state index contributed by atoms with van der Waals surface area (Å²) in [6.07, 6.45) is 3.56. The maximum Gasteiger partial charge on any atom is 0.272 e. The summed E-state index contributed by atoms with van der Waals surface area (Å²) < 4.78 is 0. The van der Waals surface area contributed by atoms with E-state index in [1.54, 1.807) is 22.8 Å². The summed E-state index contributed by atoms with van der Waals surface area (Å²) in [7, 11) is 0. The van der Waals surface area contributed by atoms with Crippen molar-refractivity contribution in [3.63, 3.8) is 0 Å². The van der Waals surface area contributed by atoms with Gasteiger partial charge in [-0.15, -0.1) is 0 Å². The van der Waals surface area contributed by atoms with Gasteiger partial charge in [-0.2, -0.15) is 0 Å². The Morgan fingerprint density at radius 2 is 1.79 bits per heavy atom. The largest absolute Gasteiger partial charge is 0.508 e. The van der Waals surface area contributed by atoms with Crippen LogP contribution in [0.2, 0.25) is 0 Å². The predicted octanol–water partition coefficient (Wildman–Crippen LogP) is 2.16. The molecule has 4 rings (SSSR count). The number of β-amino-alcohol motifs (C(OH)–C–C–N with tert-alkyl or cyclic N) is 1. The van der Waals surface area contributed by atoms with E-state index in [-0.39, 0.29) is 29.8 Å². The Morgan fingerprint density at radius 3 is 2.46 bits per heavy atom. The summed E-state index contributed by atoms with van der Waals surface area (Å²) in [5.74, 6) is -0.378. The number of likely N-dealkylation sites (tertiary alicyclic amines) is 2. The Morgan fingerprint density at radius 1 is 1.04 bits per heavy atom. The number of aromatic nitrogens is 1. The maximum absolute atomic E-state index is 13.2. The van der Waals surface area contributed by atoms with Gasteiger partial charge < -0.3 is 20.0 Å². The van der Waals surface area contributed by atoms with E-state index in [1.807, 2.05) is 0 Å². The van der Waals surface area contributed by atoms with Gasteiger partial charge in [0.25, 0.3) is 11.8 Å². The average molecular weight is 383 g/mol. The molecule has 1 aromatic carbocycles. The third-order valence-corrected chi connectivity index (χ3v) is 5.62. The molecule has 0 bridgehead atoms. The zero-order valence-corrected chi connectivity index (χ0v) is 16.0. The Balaban J connectivity index is 1.75. The van der Waals surface area contributed by atoms with Crippen LogP contribution in [0.25, 0.3) is 10.9 Å². The van der Waals surface area contributed by atoms with Crippen molar-refractivity contribution in [3.05, 3.63) is 35.5 Å². The number of hydrogen-bond donors (Lipinski definition) is 2. The number of benzene rings is 1. The predicted molar refractivity (Wildman–Crippen MR) is 104 cm³/mol. The molecule has 2 amide bonds. The van der Waals surface area contributed by atoms with Crippen LogP contribution < -0.4 is 0 Å². The number of phenolic OH excluding ortho intramolecular Hbond substituents is 1. The lowest BCUT2D eigenvalue weighted by Gasteiger charge is -2.27. The van der Waals surface area contributed by atoms with Crippen LogP contribution in [0.4, 0.5) is 0 Å². The van der Waals surface area contributed by atoms with Crippen molar-refractivity contribution in [3.8, 4) is 5.75 Å². The Labute approximate surface area is 163 Å². The normalized spacial score (nSPS) is 22.6. The Kier molecular flexibility index (Phi) is 4.71. The zero-order chi connectivity index (χ0) is 19.9. The second-order valence-electron chi connectivity index (χ2n) is 8.08. The minimum atomic E-state index is -0.898. The van der Waals surface area contributed by atoms with E-state index in [4.69, 9.17) is 0 Å². The molecule has 1 unspecified atom stereocenters. The number of phenols is 1. The number of carbonyl (C=O) groups excluding carboxylic acids is 2. The average Bonchev–Trinajstić information content (AvgIpc) is 3.06. The van der Waals surface area contributed by atoms with Crippen molar-refractivity contribution in [2.75, 3.05) is 26.2 Å². The smallest absolute Gasteiger partial charge is 0.272 e. The zero-order valence-electron chi connectivity index (χ0n) is 16.0. The molecule has 0 radical (unpaired) electrons. The molecule has 148 valence electrons. The van der Waals surface area contributed by atoms with Crippen LogP contribution in [0.15, 0.2) is 24.3 Å². The first-order valence-electron chi connectivity index (χ1n) is 9.79. The first kappa shape index (κ1) is 18.7. The molecule has 2 aromatic rings. The molecule has 28 heavy (non-hydrogen) atoms. The van der Waals surface area contributed by atoms with Gasteiger partial charge in [-0.3, -0.25) is 9.59 Å². The molecule has 0 spiro atoms. The van der Waals surface area contributed by atoms with Gasteiger partial charge in [-0.1, -0.05) is 0 Å². The topological polar surface area (TPSA) is 94.0 Å². The number of hydrogen-bond acceptors (Lipinski definition) is 5. The van der Waals surface area contributed by atoms with Crippen LogP contribution in [0, 0.1) is 0 Å².